The number of halogens is 1. The predicted octanol–water partition coefficient (Wildman–Crippen LogP) is 1.79. The van der Waals surface area contributed by atoms with Crippen molar-refractivity contribution in [1.82, 2.24) is 20.1 Å². The van der Waals surface area contributed by atoms with Crippen LogP contribution in [0.5, 0.6) is 0 Å². The fraction of sp³-hybridized carbons (Fsp3) is 0.438. The van der Waals surface area contributed by atoms with Crippen LogP contribution in [0.1, 0.15) is 18.0 Å². The molecule has 128 valence electrons. The number of H-pyrrole nitrogens is 1. The lowest BCUT2D eigenvalue weighted by molar-refractivity contribution is -0.124. The Balaban J connectivity index is 1.63. The average Bonchev–Trinajstić information content (AvgIpc) is 3.26. The molecule has 0 saturated carbocycles. The Labute approximate surface area is 139 Å². The molecule has 8 heteroatoms. The number of nitrogens with zero attached hydrogens (tertiary/aromatic N) is 4. The van der Waals surface area contributed by atoms with Gasteiger partial charge >= 0.3 is 6.01 Å². The monoisotopic (exact) mass is 333 g/mol. The Morgan fingerprint density at radius 3 is 3.08 bits per heavy atom. The number of aromatic nitrogens is 3. The molecule has 1 aliphatic rings. The number of amides is 1. The Hall–Kier alpha value is -2.64. The third-order valence-corrected chi connectivity index (χ3v) is 4.01. The van der Waals surface area contributed by atoms with Crippen LogP contribution < -0.4 is 4.90 Å². The molecule has 2 aromatic rings. The van der Waals surface area contributed by atoms with Crippen LogP contribution in [0.4, 0.5) is 10.4 Å². The quantitative estimate of drug-likeness (QED) is 0.844. The molecule has 2 atom stereocenters. The molecule has 24 heavy (non-hydrogen) atoms. The number of rotatable bonds is 5. The zero-order valence-corrected chi connectivity index (χ0v) is 13.6. The zero-order valence-electron chi connectivity index (χ0n) is 13.6. The predicted molar refractivity (Wildman–Crippen MR) is 87.1 cm³/mol. The first-order chi connectivity index (χ1) is 11.5. The van der Waals surface area contributed by atoms with Crippen molar-refractivity contribution in [3.05, 3.63) is 36.0 Å². The molecular weight excluding hydrogens is 313 g/mol. The van der Waals surface area contributed by atoms with Crippen LogP contribution in [0, 0.1) is 6.92 Å². The van der Waals surface area contributed by atoms with E-state index in [0.717, 1.165) is 5.69 Å². The lowest BCUT2D eigenvalue weighted by Gasteiger charge is -2.26. The highest BCUT2D eigenvalue weighted by Gasteiger charge is 2.36. The molecule has 1 amide bonds. The molecule has 0 aromatic carbocycles. The van der Waals surface area contributed by atoms with E-state index in [-0.39, 0.29) is 18.5 Å². The van der Waals surface area contributed by atoms with E-state index in [1.807, 2.05) is 12.1 Å². The average molecular weight is 333 g/mol. The summed E-state index contributed by atoms with van der Waals surface area (Å²) >= 11 is 0. The van der Waals surface area contributed by atoms with Gasteiger partial charge in [0.2, 0.25) is 11.8 Å². The van der Waals surface area contributed by atoms with Crippen molar-refractivity contribution < 1.29 is 13.6 Å². The number of alkyl halides is 1. The topological polar surface area (TPSA) is 78.3 Å². The van der Waals surface area contributed by atoms with Crippen molar-refractivity contribution in [2.24, 2.45) is 0 Å². The third-order valence-electron chi connectivity index (χ3n) is 4.01. The van der Waals surface area contributed by atoms with E-state index in [4.69, 9.17) is 4.42 Å². The molecule has 0 spiro atoms. The Bertz CT molecular complexity index is 712. The standard InChI is InChI=1S/C16H20FN5O2/c1-11-19-20-16(24-11)22-9-12(17)8-14(22)10-21(2)15(23)6-5-13-4-3-7-18-13/h3-7,12,14,18H,8-10H2,1-2H3/b6-5+/t12-,14-/m0/s1. The lowest BCUT2D eigenvalue weighted by atomic mass is 10.2. The summed E-state index contributed by atoms with van der Waals surface area (Å²) in [6.07, 6.45) is 4.36. The molecule has 0 bridgehead atoms. The summed E-state index contributed by atoms with van der Waals surface area (Å²) in [6.45, 7) is 2.28. The van der Waals surface area contributed by atoms with E-state index < -0.39 is 6.17 Å². The van der Waals surface area contributed by atoms with E-state index in [1.54, 1.807) is 36.0 Å². The number of aromatic amines is 1. The molecule has 1 fully saturated rings. The van der Waals surface area contributed by atoms with Gasteiger partial charge in [-0.2, -0.15) is 0 Å². The lowest BCUT2D eigenvalue weighted by Crippen LogP contribution is -2.41. The maximum atomic E-state index is 13.8. The number of nitrogens with one attached hydrogen (secondary N) is 1. The molecule has 3 rings (SSSR count). The summed E-state index contributed by atoms with van der Waals surface area (Å²) in [5.41, 5.74) is 0.851. The van der Waals surface area contributed by atoms with E-state index >= 15 is 0 Å². The normalized spacial score (nSPS) is 20.9. The molecule has 7 nitrogen and oxygen atoms in total. The van der Waals surface area contributed by atoms with Gasteiger partial charge in [0.05, 0.1) is 12.6 Å². The van der Waals surface area contributed by atoms with E-state index in [0.29, 0.717) is 24.9 Å². The van der Waals surface area contributed by atoms with Crippen molar-refractivity contribution in [1.29, 1.82) is 0 Å². The zero-order chi connectivity index (χ0) is 17.1. The number of hydrogen-bond donors (Lipinski definition) is 1. The van der Waals surface area contributed by atoms with Gasteiger partial charge in [0, 0.05) is 44.9 Å². The Kier molecular flexibility index (Phi) is 4.64. The first-order valence-corrected chi connectivity index (χ1v) is 7.80. The van der Waals surface area contributed by atoms with Crippen LogP contribution in [-0.4, -0.2) is 58.3 Å². The minimum Gasteiger partial charge on any atom is -0.408 e. The second-order valence-electron chi connectivity index (χ2n) is 5.92. The highest BCUT2D eigenvalue weighted by Crippen LogP contribution is 2.26. The fourth-order valence-corrected chi connectivity index (χ4v) is 2.81. The van der Waals surface area contributed by atoms with Gasteiger partial charge < -0.3 is 19.2 Å². The van der Waals surface area contributed by atoms with Crippen LogP contribution in [-0.2, 0) is 4.79 Å². The smallest absolute Gasteiger partial charge is 0.318 e. The van der Waals surface area contributed by atoms with Gasteiger partial charge in [-0.05, 0) is 18.2 Å². The molecular formula is C16H20FN5O2. The van der Waals surface area contributed by atoms with Crippen molar-refractivity contribution in [2.75, 3.05) is 25.0 Å². The summed E-state index contributed by atoms with van der Waals surface area (Å²) in [7, 11) is 1.70. The van der Waals surface area contributed by atoms with Gasteiger partial charge in [0.15, 0.2) is 0 Å². The molecule has 0 aliphatic carbocycles. The van der Waals surface area contributed by atoms with Crippen molar-refractivity contribution in [2.45, 2.75) is 25.6 Å². The summed E-state index contributed by atoms with van der Waals surface area (Å²) < 4.78 is 19.2. The van der Waals surface area contributed by atoms with Gasteiger partial charge in [0.1, 0.15) is 6.17 Å². The summed E-state index contributed by atoms with van der Waals surface area (Å²) in [5.74, 6) is 0.290. The second kappa shape index (κ2) is 6.86. The van der Waals surface area contributed by atoms with Crippen molar-refractivity contribution in [3.63, 3.8) is 0 Å². The number of carbonyl (C=O) groups excluding carboxylic acids is 1. The third kappa shape index (κ3) is 3.64. The molecule has 0 radical (unpaired) electrons. The number of hydrogen-bond acceptors (Lipinski definition) is 5. The largest absolute Gasteiger partial charge is 0.408 e. The molecule has 1 saturated heterocycles. The Morgan fingerprint density at radius 1 is 1.58 bits per heavy atom. The van der Waals surface area contributed by atoms with Crippen LogP contribution in [0.25, 0.3) is 6.08 Å². The molecule has 3 heterocycles. The number of anilines is 1. The van der Waals surface area contributed by atoms with Gasteiger partial charge in [0.25, 0.3) is 0 Å². The van der Waals surface area contributed by atoms with E-state index in [1.165, 1.54) is 6.08 Å². The van der Waals surface area contributed by atoms with Gasteiger partial charge in [-0.1, -0.05) is 5.10 Å². The van der Waals surface area contributed by atoms with E-state index in [9.17, 15) is 9.18 Å². The molecule has 1 aliphatic heterocycles. The molecule has 2 aromatic heterocycles. The first-order valence-electron chi connectivity index (χ1n) is 7.80. The van der Waals surface area contributed by atoms with Gasteiger partial charge in [-0.3, -0.25) is 4.79 Å². The van der Waals surface area contributed by atoms with Crippen LogP contribution in [0.2, 0.25) is 0 Å². The summed E-state index contributed by atoms with van der Waals surface area (Å²) in [5, 5.41) is 7.74. The highest BCUT2D eigenvalue weighted by molar-refractivity contribution is 5.91. The minimum atomic E-state index is -0.972. The van der Waals surface area contributed by atoms with Crippen LogP contribution in [0.3, 0.4) is 0 Å². The maximum absolute atomic E-state index is 13.8. The summed E-state index contributed by atoms with van der Waals surface area (Å²) in [4.78, 5) is 18.5. The molecule has 0 unspecified atom stereocenters. The summed E-state index contributed by atoms with van der Waals surface area (Å²) in [6, 6.07) is 3.85. The SMILES string of the molecule is Cc1nnc(N2C[C@@H](F)C[C@H]2CN(C)C(=O)/C=C/c2ccc[nH]2)o1. The minimum absolute atomic E-state index is 0.145. The van der Waals surface area contributed by atoms with Crippen LogP contribution >= 0.6 is 0 Å². The van der Waals surface area contributed by atoms with Crippen LogP contribution in [0.15, 0.2) is 28.8 Å². The van der Waals surface area contributed by atoms with Gasteiger partial charge in [-0.15, -0.1) is 5.10 Å². The number of carbonyl (C=O) groups is 1. The first kappa shape index (κ1) is 16.2. The van der Waals surface area contributed by atoms with Crippen molar-refractivity contribution in [3.8, 4) is 0 Å². The number of likely N-dealkylation sites (N-methyl/N-ethyl adjacent to an activating group) is 1. The van der Waals surface area contributed by atoms with Crippen molar-refractivity contribution >= 4 is 18.0 Å². The second-order valence-corrected chi connectivity index (χ2v) is 5.92. The highest BCUT2D eigenvalue weighted by atomic mass is 19.1. The number of aryl methyl sites for hydroxylation is 1. The Morgan fingerprint density at radius 2 is 2.42 bits per heavy atom. The molecule has 1 N–H and O–H groups in total. The van der Waals surface area contributed by atoms with Gasteiger partial charge in [-0.25, -0.2) is 4.39 Å². The fourth-order valence-electron chi connectivity index (χ4n) is 2.81. The van der Waals surface area contributed by atoms with E-state index in [2.05, 4.69) is 15.2 Å². The maximum Gasteiger partial charge on any atom is 0.318 e.